The van der Waals surface area contributed by atoms with Crippen molar-refractivity contribution in [2.75, 3.05) is 52.0 Å². The number of rotatable bonds is 12. The fraction of sp³-hybridized carbons (Fsp3) is 0.429. The van der Waals surface area contributed by atoms with Gasteiger partial charge in [0.15, 0.2) is 0 Å². The molecule has 4 rings (SSSR count). The Morgan fingerprint density at radius 3 is 2.45 bits per heavy atom. The molecule has 1 aromatic carbocycles. The molecule has 3 aromatic rings. The lowest BCUT2D eigenvalue weighted by Gasteiger charge is -2.41. The van der Waals surface area contributed by atoms with Crippen LogP contribution in [0.15, 0.2) is 43.0 Å². The number of amides is 2. The highest BCUT2D eigenvalue weighted by molar-refractivity contribution is 5.87. The van der Waals surface area contributed by atoms with E-state index in [0.29, 0.717) is 35.4 Å². The van der Waals surface area contributed by atoms with Crippen LogP contribution in [0.2, 0.25) is 0 Å². The van der Waals surface area contributed by atoms with Gasteiger partial charge < -0.3 is 34.4 Å². The maximum Gasteiger partial charge on any atom is 0.329 e. The predicted octanol–water partition coefficient (Wildman–Crippen LogP) is 1.24. The minimum atomic E-state index is -1.17. The molecule has 14 nitrogen and oxygen atoms in total. The van der Waals surface area contributed by atoms with E-state index in [2.05, 4.69) is 15.3 Å². The number of carboxylic acids is 1. The number of piperazine rings is 1. The van der Waals surface area contributed by atoms with Crippen LogP contribution in [0.4, 0.5) is 5.82 Å². The predicted molar refractivity (Wildman–Crippen MR) is 151 cm³/mol. The fourth-order valence-electron chi connectivity index (χ4n) is 4.60. The standard InChI is InChI=1S/C28H35N7O7/c1-18(2)20-12-24(32-28(31-20)34-9-8-29-17-34)35-11-10-33(25(36)15-42-16-26(37)38)14-21(35)27(39)30-13-19-22(40-3)6-5-7-23(19)41-4/h5-9,12,17-18,21H,10-11,13-16H2,1-4H3,(H,30,39)(H,37,38). The molecule has 0 aliphatic carbocycles. The monoisotopic (exact) mass is 581 g/mol. The molecular weight excluding hydrogens is 546 g/mol. The summed E-state index contributed by atoms with van der Waals surface area (Å²) in [5.41, 5.74) is 1.45. The van der Waals surface area contributed by atoms with Crippen molar-refractivity contribution >= 4 is 23.6 Å². The van der Waals surface area contributed by atoms with E-state index in [1.54, 1.807) is 41.5 Å². The molecule has 1 fully saturated rings. The highest BCUT2D eigenvalue weighted by Gasteiger charge is 2.36. The van der Waals surface area contributed by atoms with Crippen molar-refractivity contribution in [2.45, 2.75) is 32.4 Å². The van der Waals surface area contributed by atoms with Gasteiger partial charge in [0.2, 0.25) is 17.8 Å². The van der Waals surface area contributed by atoms with Crippen LogP contribution in [0.1, 0.15) is 31.0 Å². The maximum atomic E-state index is 13.8. The summed E-state index contributed by atoms with van der Waals surface area (Å²) >= 11 is 0. The van der Waals surface area contributed by atoms with E-state index in [1.165, 1.54) is 19.1 Å². The second-order valence-corrected chi connectivity index (χ2v) is 9.87. The molecule has 0 saturated carbocycles. The van der Waals surface area contributed by atoms with Gasteiger partial charge in [-0.05, 0) is 18.1 Å². The number of imidazole rings is 1. The van der Waals surface area contributed by atoms with Gasteiger partial charge in [-0.25, -0.2) is 14.8 Å². The highest BCUT2D eigenvalue weighted by atomic mass is 16.5. The van der Waals surface area contributed by atoms with Crippen molar-refractivity contribution in [1.82, 2.24) is 29.7 Å². The molecule has 1 aliphatic heterocycles. The van der Waals surface area contributed by atoms with E-state index in [9.17, 15) is 14.4 Å². The Labute approximate surface area is 243 Å². The molecule has 1 aliphatic rings. The van der Waals surface area contributed by atoms with Crippen LogP contribution in [0, 0.1) is 0 Å². The minimum Gasteiger partial charge on any atom is -0.496 e. The first-order valence-electron chi connectivity index (χ1n) is 13.4. The molecule has 0 bridgehead atoms. The van der Waals surface area contributed by atoms with Crippen LogP contribution in [0.5, 0.6) is 11.5 Å². The van der Waals surface area contributed by atoms with Crippen LogP contribution < -0.4 is 19.7 Å². The Hall–Kier alpha value is -4.72. The molecule has 2 N–H and O–H groups in total. The number of carbonyl (C=O) groups excluding carboxylic acids is 2. The zero-order chi connectivity index (χ0) is 30.2. The molecule has 42 heavy (non-hydrogen) atoms. The Balaban J connectivity index is 1.64. The van der Waals surface area contributed by atoms with Gasteiger partial charge in [-0.1, -0.05) is 19.9 Å². The van der Waals surface area contributed by atoms with Gasteiger partial charge >= 0.3 is 5.97 Å². The summed E-state index contributed by atoms with van der Waals surface area (Å²) < 4.78 is 17.6. The number of nitrogens with zero attached hydrogens (tertiary/aromatic N) is 6. The van der Waals surface area contributed by atoms with Gasteiger partial charge in [0.05, 0.1) is 38.6 Å². The van der Waals surface area contributed by atoms with E-state index in [-0.39, 0.29) is 31.5 Å². The number of hydrogen-bond acceptors (Lipinski definition) is 10. The first kappa shape index (κ1) is 30.2. The third-order valence-corrected chi connectivity index (χ3v) is 6.80. The summed E-state index contributed by atoms with van der Waals surface area (Å²) in [4.78, 5) is 54.4. The summed E-state index contributed by atoms with van der Waals surface area (Å²) in [6, 6.07) is 6.37. The third-order valence-electron chi connectivity index (χ3n) is 6.80. The first-order chi connectivity index (χ1) is 20.2. The number of ether oxygens (including phenoxy) is 3. The van der Waals surface area contributed by atoms with Crippen molar-refractivity contribution < 1.29 is 33.7 Å². The van der Waals surface area contributed by atoms with Gasteiger partial charge in [0.1, 0.15) is 42.9 Å². The molecule has 2 aromatic heterocycles. The lowest BCUT2D eigenvalue weighted by atomic mass is 10.1. The topological polar surface area (TPSA) is 161 Å². The molecule has 2 amide bonds. The van der Waals surface area contributed by atoms with Gasteiger partial charge in [-0.3, -0.25) is 14.2 Å². The molecular formula is C28H35N7O7. The Morgan fingerprint density at radius 2 is 1.83 bits per heavy atom. The average Bonchev–Trinajstić information content (AvgIpc) is 3.54. The number of methoxy groups -OCH3 is 2. The number of aliphatic carboxylic acids is 1. The number of nitrogens with one attached hydrogen (secondary N) is 1. The number of hydrogen-bond donors (Lipinski definition) is 2. The molecule has 1 atom stereocenters. The van der Waals surface area contributed by atoms with Gasteiger partial charge in [0.25, 0.3) is 0 Å². The van der Waals surface area contributed by atoms with E-state index < -0.39 is 31.1 Å². The van der Waals surface area contributed by atoms with Crippen molar-refractivity contribution in [3.8, 4) is 17.4 Å². The van der Waals surface area contributed by atoms with Crippen molar-refractivity contribution in [3.63, 3.8) is 0 Å². The maximum absolute atomic E-state index is 13.8. The second kappa shape index (κ2) is 13.8. The highest BCUT2D eigenvalue weighted by Crippen LogP contribution is 2.29. The molecule has 0 spiro atoms. The fourth-order valence-corrected chi connectivity index (χ4v) is 4.60. The summed E-state index contributed by atoms with van der Waals surface area (Å²) in [5, 5.41) is 11.8. The summed E-state index contributed by atoms with van der Waals surface area (Å²) in [6.45, 7) is 3.75. The van der Waals surface area contributed by atoms with Crippen LogP contribution in [-0.4, -0.2) is 100 Å². The quantitative estimate of drug-likeness (QED) is 0.317. The van der Waals surface area contributed by atoms with E-state index >= 15 is 0 Å². The molecule has 3 heterocycles. The zero-order valence-electron chi connectivity index (χ0n) is 24.0. The summed E-state index contributed by atoms with van der Waals surface area (Å²) in [5.74, 6) is 0.206. The van der Waals surface area contributed by atoms with Crippen LogP contribution in [0.25, 0.3) is 5.95 Å². The molecule has 224 valence electrons. The average molecular weight is 582 g/mol. The number of anilines is 1. The van der Waals surface area contributed by atoms with Crippen molar-refractivity contribution in [2.24, 2.45) is 0 Å². The van der Waals surface area contributed by atoms with Crippen molar-refractivity contribution in [3.05, 3.63) is 54.2 Å². The zero-order valence-corrected chi connectivity index (χ0v) is 24.0. The number of aromatic nitrogens is 4. The van der Waals surface area contributed by atoms with Crippen LogP contribution in [0.3, 0.4) is 0 Å². The van der Waals surface area contributed by atoms with Crippen molar-refractivity contribution in [1.29, 1.82) is 0 Å². The lowest BCUT2D eigenvalue weighted by Crippen LogP contribution is -2.61. The Morgan fingerprint density at radius 1 is 1.10 bits per heavy atom. The SMILES string of the molecule is COc1cccc(OC)c1CNC(=O)C1CN(C(=O)COCC(=O)O)CCN1c1cc(C(C)C)nc(-n2ccnc2)n1. The number of benzene rings is 1. The van der Waals surface area contributed by atoms with Gasteiger partial charge in [-0.2, -0.15) is 4.98 Å². The van der Waals surface area contributed by atoms with Gasteiger partial charge in [-0.15, -0.1) is 0 Å². The van der Waals surface area contributed by atoms with E-state index in [0.717, 1.165) is 5.69 Å². The third kappa shape index (κ3) is 7.13. The van der Waals surface area contributed by atoms with Crippen LogP contribution in [-0.2, 0) is 25.7 Å². The number of carbonyl (C=O) groups is 3. The smallest absolute Gasteiger partial charge is 0.329 e. The first-order valence-corrected chi connectivity index (χ1v) is 13.4. The largest absolute Gasteiger partial charge is 0.496 e. The van der Waals surface area contributed by atoms with E-state index in [1.807, 2.05) is 24.8 Å². The summed E-state index contributed by atoms with van der Waals surface area (Å²) in [6.07, 6.45) is 4.97. The van der Waals surface area contributed by atoms with E-state index in [4.69, 9.17) is 24.3 Å². The number of carboxylic acid groups (broad SMARTS) is 1. The molecule has 0 radical (unpaired) electrons. The molecule has 14 heteroatoms. The Kier molecular flexibility index (Phi) is 9.91. The minimum absolute atomic E-state index is 0.0333. The summed E-state index contributed by atoms with van der Waals surface area (Å²) in [7, 11) is 3.08. The molecule has 1 unspecified atom stereocenters. The molecule has 1 saturated heterocycles. The second-order valence-electron chi connectivity index (χ2n) is 9.87. The Bertz CT molecular complexity index is 1370. The lowest BCUT2D eigenvalue weighted by molar-refractivity contribution is -0.146. The van der Waals surface area contributed by atoms with Gasteiger partial charge in [0, 0.05) is 31.5 Å². The van der Waals surface area contributed by atoms with Crippen LogP contribution >= 0.6 is 0 Å². The normalized spacial score (nSPS) is 15.0.